The SMILES string of the molecule is CC(C)Cc1nc2cc(NS(=O)(=O)N(C)C)cc(C(=O)NCCc3c[nH]c4ccccc34)c2n1C. The van der Waals surface area contributed by atoms with Gasteiger partial charge >= 0.3 is 10.2 Å². The number of nitrogens with one attached hydrogen (secondary N) is 3. The second-order valence-electron chi connectivity index (χ2n) is 9.33. The van der Waals surface area contributed by atoms with Crippen molar-refractivity contribution in [3.05, 3.63) is 59.5 Å². The van der Waals surface area contributed by atoms with Gasteiger partial charge in [0, 0.05) is 51.2 Å². The zero-order chi connectivity index (χ0) is 25.3. The van der Waals surface area contributed by atoms with E-state index in [4.69, 9.17) is 4.98 Å². The summed E-state index contributed by atoms with van der Waals surface area (Å²) in [6.45, 7) is 4.65. The molecular formula is C25H32N6O3S. The van der Waals surface area contributed by atoms with Gasteiger partial charge in [0.15, 0.2) is 0 Å². The molecule has 10 heteroatoms. The molecule has 0 bridgehead atoms. The van der Waals surface area contributed by atoms with Gasteiger partial charge in [-0.25, -0.2) is 4.98 Å². The third-order valence-electron chi connectivity index (χ3n) is 5.98. The summed E-state index contributed by atoms with van der Waals surface area (Å²) in [5.74, 6) is 0.945. The molecule has 0 saturated carbocycles. The molecule has 3 N–H and O–H groups in total. The van der Waals surface area contributed by atoms with Crippen LogP contribution in [0.3, 0.4) is 0 Å². The number of para-hydroxylation sites is 1. The van der Waals surface area contributed by atoms with Gasteiger partial charge in [-0.1, -0.05) is 32.0 Å². The Balaban J connectivity index is 1.64. The molecule has 2 aromatic carbocycles. The van der Waals surface area contributed by atoms with Gasteiger partial charge in [0.05, 0.1) is 22.3 Å². The lowest BCUT2D eigenvalue weighted by Gasteiger charge is -2.15. The van der Waals surface area contributed by atoms with Gasteiger partial charge in [-0.15, -0.1) is 0 Å². The molecule has 186 valence electrons. The number of benzene rings is 2. The maximum Gasteiger partial charge on any atom is 0.301 e. The Hall–Kier alpha value is -3.37. The van der Waals surface area contributed by atoms with Crippen LogP contribution in [0.2, 0.25) is 0 Å². The van der Waals surface area contributed by atoms with Crippen LogP contribution in [0.4, 0.5) is 5.69 Å². The maximum atomic E-state index is 13.3. The van der Waals surface area contributed by atoms with E-state index in [-0.39, 0.29) is 5.91 Å². The van der Waals surface area contributed by atoms with Crippen molar-refractivity contribution >= 4 is 43.7 Å². The molecule has 9 nitrogen and oxygen atoms in total. The largest absolute Gasteiger partial charge is 0.361 e. The first-order valence-corrected chi connectivity index (χ1v) is 13.0. The molecule has 4 rings (SSSR count). The minimum absolute atomic E-state index is 0.278. The lowest BCUT2D eigenvalue weighted by atomic mass is 10.1. The molecule has 0 unspecified atom stereocenters. The number of nitrogens with zero attached hydrogens (tertiary/aromatic N) is 3. The van der Waals surface area contributed by atoms with Gasteiger partial charge < -0.3 is 14.9 Å². The second kappa shape index (κ2) is 9.71. The summed E-state index contributed by atoms with van der Waals surface area (Å²) in [5, 5.41) is 4.14. The quantitative estimate of drug-likeness (QED) is 0.329. The van der Waals surface area contributed by atoms with Gasteiger partial charge in [-0.05, 0) is 36.1 Å². The number of aromatic nitrogens is 3. The van der Waals surface area contributed by atoms with Crippen LogP contribution in [-0.4, -0.2) is 53.8 Å². The van der Waals surface area contributed by atoms with E-state index < -0.39 is 10.2 Å². The molecule has 0 radical (unpaired) electrons. The minimum atomic E-state index is -3.74. The molecule has 2 heterocycles. The molecule has 2 aromatic heterocycles. The highest BCUT2D eigenvalue weighted by Gasteiger charge is 2.21. The number of hydrogen-bond acceptors (Lipinski definition) is 4. The smallest absolute Gasteiger partial charge is 0.301 e. The third-order valence-corrected chi connectivity index (χ3v) is 7.43. The molecule has 0 atom stereocenters. The van der Waals surface area contributed by atoms with E-state index in [1.807, 2.05) is 36.0 Å². The number of aromatic amines is 1. The molecular weight excluding hydrogens is 464 g/mol. The normalized spacial score (nSPS) is 12.2. The van der Waals surface area contributed by atoms with Crippen molar-refractivity contribution < 1.29 is 13.2 Å². The Bertz CT molecular complexity index is 1480. The number of H-pyrrole nitrogens is 1. The van der Waals surface area contributed by atoms with E-state index in [9.17, 15) is 13.2 Å². The second-order valence-corrected chi connectivity index (χ2v) is 11.2. The first-order chi connectivity index (χ1) is 16.6. The summed E-state index contributed by atoms with van der Waals surface area (Å²) in [4.78, 5) is 21.3. The first-order valence-electron chi connectivity index (χ1n) is 11.6. The van der Waals surface area contributed by atoms with E-state index in [2.05, 4.69) is 34.9 Å². The predicted molar refractivity (Wildman–Crippen MR) is 140 cm³/mol. The van der Waals surface area contributed by atoms with E-state index in [0.29, 0.717) is 41.2 Å². The molecule has 0 saturated heterocycles. The lowest BCUT2D eigenvalue weighted by molar-refractivity contribution is 0.0955. The van der Waals surface area contributed by atoms with Crippen LogP contribution in [0.1, 0.15) is 35.6 Å². The van der Waals surface area contributed by atoms with Crippen molar-refractivity contribution in [1.29, 1.82) is 0 Å². The van der Waals surface area contributed by atoms with Crippen molar-refractivity contribution in [1.82, 2.24) is 24.2 Å². The maximum absolute atomic E-state index is 13.3. The van der Waals surface area contributed by atoms with Crippen molar-refractivity contribution in [3.8, 4) is 0 Å². The van der Waals surface area contributed by atoms with E-state index >= 15 is 0 Å². The fourth-order valence-electron chi connectivity index (χ4n) is 4.16. The number of carbonyl (C=O) groups excluding carboxylic acids is 1. The van der Waals surface area contributed by atoms with E-state index in [1.54, 1.807) is 12.1 Å². The Labute approximate surface area is 205 Å². The number of fused-ring (bicyclic) bond motifs is 2. The molecule has 1 amide bonds. The fourth-order valence-corrected chi connectivity index (χ4v) is 4.76. The first kappa shape index (κ1) is 24.7. The van der Waals surface area contributed by atoms with Gasteiger partial charge in [0.25, 0.3) is 5.91 Å². The van der Waals surface area contributed by atoms with E-state index in [1.165, 1.54) is 14.1 Å². The van der Waals surface area contributed by atoms with Crippen molar-refractivity contribution in [2.45, 2.75) is 26.7 Å². The summed E-state index contributed by atoms with van der Waals surface area (Å²) >= 11 is 0. The monoisotopic (exact) mass is 496 g/mol. The van der Waals surface area contributed by atoms with Crippen LogP contribution in [-0.2, 0) is 30.1 Å². The van der Waals surface area contributed by atoms with Crippen LogP contribution in [0.15, 0.2) is 42.6 Å². The van der Waals surface area contributed by atoms with Crippen molar-refractivity contribution in [2.24, 2.45) is 13.0 Å². The highest BCUT2D eigenvalue weighted by molar-refractivity contribution is 7.90. The summed E-state index contributed by atoms with van der Waals surface area (Å²) in [7, 11) is 1.04. The number of amides is 1. The number of carbonyl (C=O) groups is 1. The van der Waals surface area contributed by atoms with Crippen molar-refractivity contribution in [3.63, 3.8) is 0 Å². The molecule has 0 aliphatic carbocycles. The Morgan fingerprint density at radius 1 is 1.20 bits per heavy atom. The Kier molecular flexibility index (Phi) is 6.86. The average Bonchev–Trinajstić information content (AvgIpc) is 3.33. The zero-order valence-electron chi connectivity index (χ0n) is 20.7. The van der Waals surface area contributed by atoms with Crippen LogP contribution in [0.25, 0.3) is 21.9 Å². The summed E-state index contributed by atoms with van der Waals surface area (Å²) in [6.07, 6.45) is 3.37. The van der Waals surface area contributed by atoms with Gasteiger partial charge in [-0.2, -0.15) is 12.7 Å². The molecule has 0 aliphatic rings. The molecule has 0 aliphatic heterocycles. The number of imidazole rings is 1. The van der Waals surface area contributed by atoms with Gasteiger partial charge in [-0.3, -0.25) is 9.52 Å². The Morgan fingerprint density at radius 3 is 2.66 bits per heavy atom. The molecule has 4 aromatic rings. The number of aryl methyl sites for hydroxylation is 1. The standard InChI is InChI=1S/C25H32N6O3S/c1-16(2)12-23-28-22-14-18(29-35(33,34)30(3)4)13-20(24(22)31(23)5)25(32)26-11-10-17-15-27-21-9-7-6-8-19(17)21/h6-9,13-16,27,29H,10-12H2,1-5H3,(H,26,32). The molecule has 35 heavy (non-hydrogen) atoms. The minimum Gasteiger partial charge on any atom is -0.361 e. The number of anilines is 1. The highest BCUT2D eigenvalue weighted by atomic mass is 32.2. The highest BCUT2D eigenvalue weighted by Crippen LogP contribution is 2.27. The predicted octanol–water partition coefficient (Wildman–Crippen LogP) is 3.44. The third kappa shape index (κ3) is 5.18. The molecule has 0 spiro atoms. The lowest BCUT2D eigenvalue weighted by Crippen LogP contribution is -2.29. The average molecular weight is 497 g/mol. The number of rotatable bonds is 9. The summed E-state index contributed by atoms with van der Waals surface area (Å²) in [6, 6.07) is 11.3. The molecule has 0 fully saturated rings. The topological polar surface area (TPSA) is 112 Å². The summed E-state index contributed by atoms with van der Waals surface area (Å²) < 4.78 is 30.4. The number of hydrogen-bond donors (Lipinski definition) is 3. The van der Waals surface area contributed by atoms with Gasteiger partial charge in [0.2, 0.25) is 0 Å². The van der Waals surface area contributed by atoms with Gasteiger partial charge in [0.1, 0.15) is 5.82 Å². The van der Waals surface area contributed by atoms with Crippen LogP contribution < -0.4 is 10.0 Å². The Morgan fingerprint density at radius 2 is 1.94 bits per heavy atom. The zero-order valence-corrected chi connectivity index (χ0v) is 21.5. The van der Waals surface area contributed by atoms with Crippen LogP contribution in [0.5, 0.6) is 0 Å². The fraction of sp³-hybridized carbons (Fsp3) is 0.360. The van der Waals surface area contributed by atoms with E-state index in [0.717, 1.165) is 33.0 Å². The van der Waals surface area contributed by atoms with Crippen molar-refractivity contribution in [2.75, 3.05) is 25.4 Å². The van der Waals surface area contributed by atoms with Crippen LogP contribution >= 0.6 is 0 Å². The van der Waals surface area contributed by atoms with Crippen LogP contribution in [0, 0.1) is 5.92 Å². The summed E-state index contributed by atoms with van der Waals surface area (Å²) in [5.41, 5.74) is 4.11.